The van der Waals surface area contributed by atoms with Crippen molar-refractivity contribution in [1.29, 1.82) is 0 Å². The molecule has 1 unspecified atom stereocenters. The zero-order valence-electron chi connectivity index (χ0n) is 11.6. The summed E-state index contributed by atoms with van der Waals surface area (Å²) in [4.78, 5) is 12.9. The SMILES string of the molecule is CCn1c(=O)oc2cc(C(Br)c3cc(OC)cs3)ccc21. The summed E-state index contributed by atoms with van der Waals surface area (Å²) in [6.45, 7) is 2.53. The van der Waals surface area contributed by atoms with E-state index in [0.717, 1.165) is 21.7 Å². The van der Waals surface area contributed by atoms with Crippen LogP contribution in [0.1, 0.15) is 22.2 Å². The highest BCUT2D eigenvalue weighted by Gasteiger charge is 2.16. The number of ether oxygens (including phenoxy) is 1. The molecule has 3 rings (SSSR count). The number of alkyl halides is 1. The van der Waals surface area contributed by atoms with Crippen molar-refractivity contribution in [1.82, 2.24) is 4.57 Å². The quantitative estimate of drug-likeness (QED) is 0.650. The number of rotatable bonds is 4. The van der Waals surface area contributed by atoms with E-state index in [0.29, 0.717) is 12.1 Å². The second kappa shape index (κ2) is 5.69. The smallest absolute Gasteiger partial charge is 0.419 e. The Balaban J connectivity index is 2.02. The Morgan fingerprint density at radius 2 is 2.24 bits per heavy atom. The Morgan fingerprint density at radius 3 is 2.90 bits per heavy atom. The third kappa shape index (κ3) is 2.53. The van der Waals surface area contributed by atoms with Crippen LogP contribution in [0.4, 0.5) is 0 Å². The van der Waals surface area contributed by atoms with Crippen molar-refractivity contribution in [3.05, 3.63) is 50.6 Å². The van der Waals surface area contributed by atoms with Gasteiger partial charge in [0.05, 0.1) is 17.5 Å². The van der Waals surface area contributed by atoms with E-state index >= 15 is 0 Å². The van der Waals surface area contributed by atoms with Gasteiger partial charge in [0.1, 0.15) is 5.75 Å². The molecule has 0 radical (unpaired) electrons. The number of methoxy groups -OCH3 is 1. The fourth-order valence-corrected chi connectivity index (χ4v) is 3.88. The molecule has 0 fully saturated rings. The highest BCUT2D eigenvalue weighted by atomic mass is 79.9. The molecule has 2 aromatic heterocycles. The molecule has 0 saturated heterocycles. The molecule has 0 amide bonds. The number of benzene rings is 1. The lowest BCUT2D eigenvalue weighted by atomic mass is 10.1. The van der Waals surface area contributed by atoms with Crippen LogP contribution in [0, 0.1) is 0 Å². The first-order valence-electron chi connectivity index (χ1n) is 6.53. The molecule has 2 heterocycles. The minimum absolute atomic E-state index is 0.0473. The molecule has 110 valence electrons. The lowest BCUT2D eigenvalue weighted by molar-refractivity contribution is 0.416. The van der Waals surface area contributed by atoms with Gasteiger partial charge < -0.3 is 9.15 Å². The van der Waals surface area contributed by atoms with Gasteiger partial charge in [-0.3, -0.25) is 4.57 Å². The van der Waals surface area contributed by atoms with Gasteiger partial charge in [0.2, 0.25) is 0 Å². The minimum Gasteiger partial charge on any atom is -0.496 e. The Morgan fingerprint density at radius 1 is 1.43 bits per heavy atom. The average Bonchev–Trinajstić information content (AvgIpc) is 3.08. The molecule has 0 bridgehead atoms. The Bertz CT molecular complexity index is 833. The van der Waals surface area contributed by atoms with Gasteiger partial charge in [-0.15, -0.1) is 11.3 Å². The maximum absolute atomic E-state index is 11.7. The number of aryl methyl sites for hydroxylation is 1. The van der Waals surface area contributed by atoms with Crippen molar-refractivity contribution in [3.8, 4) is 5.75 Å². The third-order valence-corrected chi connectivity index (χ3v) is 5.68. The number of oxazole rings is 1. The summed E-state index contributed by atoms with van der Waals surface area (Å²) in [5.74, 6) is 0.540. The topological polar surface area (TPSA) is 44.4 Å². The van der Waals surface area contributed by atoms with Gasteiger partial charge in [0.25, 0.3) is 0 Å². The van der Waals surface area contributed by atoms with Crippen molar-refractivity contribution in [2.75, 3.05) is 7.11 Å². The van der Waals surface area contributed by atoms with E-state index < -0.39 is 0 Å². The maximum atomic E-state index is 11.7. The standard InChI is InChI=1S/C15H14BrNO3S/c1-3-17-11-5-4-9(6-12(11)20-15(17)18)14(16)13-7-10(19-2)8-21-13/h4-8,14H,3H2,1-2H3. The summed E-state index contributed by atoms with van der Waals surface area (Å²) in [5, 5.41) is 1.97. The number of hydrogen-bond donors (Lipinski definition) is 0. The van der Waals surface area contributed by atoms with Gasteiger partial charge >= 0.3 is 5.76 Å². The van der Waals surface area contributed by atoms with E-state index in [2.05, 4.69) is 15.9 Å². The molecule has 0 aliphatic carbocycles. The molecular weight excluding hydrogens is 354 g/mol. The van der Waals surface area contributed by atoms with Crippen molar-refractivity contribution >= 4 is 38.4 Å². The van der Waals surface area contributed by atoms with Gasteiger partial charge in [0, 0.05) is 16.8 Å². The summed E-state index contributed by atoms with van der Waals surface area (Å²) < 4.78 is 12.1. The van der Waals surface area contributed by atoms with Gasteiger partial charge in [-0.2, -0.15) is 0 Å². The summed E-state index contributed by atoms with van der Waals surface area (Å²) in [6.07, 6.45) is 0. The van der Waals surface area contributed by atoms with Crippen LogP contribution in [0.15, 0.2) is 38.9 Å². The number of thiophene rings is 1. The molecular formula is C15H14BrNO3S. The fraction of sp³-hybridized carbons (Fsp3) is 0.267. The Kier molecular flexibility index (Phi) is 3.91. The van der Waals surface area contributed by atoms with Crippen molar-refractivity contribution in [2.45, 2.75) is 18.3 Å². The molecule has 0 aliphatic rings. The molecule has 4 nitrogen and oxygen atoms in total. The lowest BCUT2D eigenvalue weighted by Gasteiger charge is -2.07. The fourth-order valence-electron chi connectivity index (χ4n) is 2.28. The predicted molar refractivity (Wildman–Crippen MR) is 87.8 cm³/mol. The van der Waals surface area contributed by atoms with E-state index in [1.165, 1.54) is 0 Å². The molecule has 0 saturated carbocycles. The number of halogens is 1. The van der Waals surface area contributed by atoms with Crippen molar-refractivity contribution < 1.29 is 9.15 Å². The van der Waals surface area contributed by atoms with Crippen LogP contribution in [0.2, 0.25) is 0 Å². The highest BCUT2D eigenvalue weighted by Crippen LogP contribution is 2.37. The molecule has 0 aliphatic heterocycles. The van der Waals surface area contributed by atoms with E-state index in [4.69, 9.17) is 9.15 Å². The molecule has 6 heteroatoms. The van der Waals surface area contributed by atoms with Gasteiger partial charge in [-0.25, -0.2) is 4.79 Å². The normalized spacial score (nSPS) is 12.7. The summed E-state index contributed by atoms with van der Waals surface area (Å²) in [7, 11) is 1.66. The lowest BCUT2D eigenvalue weighted by Crippen LogP contribution is -2.11. The maximum Gasteiger partial charge on any atom is 0.419 e. The zero-order chi connectivity index (χ0) is 15.0. The van der Waals surface area contributed by atoms with Crippen LogP contribution < -0.4 is 10.5 Å². The predicted octanol–water partition coefficient (Wildman–Crippen LogP) is 4.17. The Hall–Kier alpha value is -1.53. The number of aromatic nitrogens is 1. The van der Waals surface area contributed by atoms with Gasteiger partial charge in [0.15, 0.2) is 5.58 Å². The van der Waals surface area contributed by atoms with E-state index in [9.17, 15) is 4.79 Å². The average molecular weight is 368 g/mol. The molecule has 1 atom stereocenters. The van der Waals surface area contributed by atoms with E-state index in [-0.39, 0.29) is 10.6 Å². The first-order valence-corrected chi connectivity index (χ1v) is 8.33. The van der Waals surface area contributed by atoms with Gasteiger partial charge in [-0.05, 0) is 30.7 Å². The molecule has 1 aromatic carbocycles. The highest BCUT2D eigenvalue weighted by molar-refractivity contribution is 9.09. The molecule has 21 heavy (non-hydrogen) atoms. The monoisotopic (exact) mass is 367 g/mol. The van der Waals surface area contributed by atoms with Gasteiger partial charge in [-0.1, -0.05) is 22.0 Å². The summed E-state index contributed by atoms with van der Waals surface area (Å²) in [5.41, 5.74) is 2.49. The van der Waals surface area contributed by atoms with Crippen molar-refractivity contribution in [2.24, 2.45) is 0 Å². The second-order valence-electron chi connectivity index (χ2n) is 4.59. The zero-order valence-corrected chi connectivity index (χ0v) is 14.0. The van der Waals surface area contributed by atoms with Crippen LogP contribution in [-0.2, 0) is 6.54 Å². The number of nitrogens with zero attached hydrogens (tertiary/aromatic N) is 1. The first-order chi connectivity index (χ1) is 10.1. The summed E-state index contributed by atoms with van der Waals surface area (Å²) in [6, 6.07) is 7.85. The molecule has 3 aromatic rings. The largest absolute Gasteiger partial charge is 0.496 e. The second-order valence-corrected chi connectivity index (χ2v) is 6.45. The van der Waals surface area contributed by atoms with E-state index in [1.54, 1.807) is 23.0 Å². The van der Waals surface area contributed by atoms with Crippen LogP contribution in [0.5, 0.6) is 5.75 Å². The molecule has 0 spiro atoms. The minimum atomic E-state index is -0.312. The van der Waals surface area contributed by atoms with Crippen LogP contribution in [-0.4, -0.2) is 11.7 Å². The van der Waals surface area contributed by atoms with E-state index in [1.807, 2.05) is 36.6 Å². The first kappa shape index (κ1) is 14.4. The van der Waals surface area contributed by atoms with Crippen LogP contribution >= 0.6 is 27.3 Å². The van der Waals surface area contributed by atoms with Crippen molar-refractivity contribution in [3.63, 3.8) is 0 Å². The molecule has 0 N–H and O–H groups in total. The number of fused-ring (bicyclic) bond motifs is 1. The summed E-state index contributed by atoms with van der Waals surface area (Å²) >= 11 is 5.32. The van der Waals surface area contributed by atoms with Crippen LogP contribution in [0.3, 0.4) is 0 Å². The number of hydrogen-bond acceptors (Lipinski definition) is 4. The third-order valence-electron chi connectivity index (χ3n) is 3.38. The van der Waals surface area contributed by atoms with Crippen LogP contribution in [0.25, 0.3) is 11.1 Å². The Labute approximate surface area is 134 Å².